The zero-order valence-corrected chi connectivity index (χ0v) is 7.69. The van der Waals surface area contributed by atoms with E-state index in [2.05, 4.69) is 5.43 Å². The Morgan fingerprint density at radius 2 is 2.07 bits per heavy atom. The van der Waals surface area contributed by atoms with Crippen LogP contribution >= 0.6 is 0 Å². The first-order valence-corrected chi connectivity index (χ1v) is 4.60. The van der Waals surface area contributed by atoms with Gasteiger partial charge in [0.15, 0.2) is 0 Å². The Labute approximate surface area is 82.1 Å². The Balaban J connectivity index is 2.16. The van der Waals surface area contributed by atoms with Crippen molar-refractivity contribution in [2.24, 2.45) is 0 Å². The molecule has 14 heavy (non-hydrogen) atoms. The Morgan fingerprint density at radius 3 is 2.57 bits per heavy atom. The predicted molar refractivity (Wildman–Crippen MR) is 50.7 cm³/mol. The minimum absolute atomic E-state index is 0.216. The fraction of sp³-hybridized carbons (Fsp3) is 0.300. The van der Waals surface area contributed by atoms with Gasteiger partial charge in [0.2, 0.25) is 0 Å². The van der Waals surface area contributed by atoms with Gasteiger partial charge in [0.1, 0.15) is 0 Å². The number of nitrogens with zero attached hydrogens (tertiary/aromatic N) is 1. The maximum atomic E-state index is 10.5. The average molecular weight is 191 g/mol. The molecule has 4 heteroatoms. The van der Waals surface area contributed by atoms with Crippen molar-refractivity contribution in [1.82, 2.24) is 5.43 Å². The van der Waals surface area contributed by atoms with Gasteiger partial charge in [0, 0.05) is 13.1 Å². The molecule has 1 aromatic carbocycles. The summed E-state index contributed by atoms with van der Waals surface area (Å²) in [6, 6.07) is 6.68. The monoisotopic (exact) mass is 191 g/mol. The van der Waals surface area contributed by atoms with E-state index < -0.39 is 5.97 Å². The van der Waals surface area contributed by atoms with Crippen LogP contribution in [0.25, 0.3) is 0 Å². The van der Waals surface area contributed by atoms with Crippen molar-refractivity contribution in [3.63, 3.8) is 0 Å². The average Bonchev–Trinajstić information content (AvgIpc) is 2.71. The van der Waals surface area contributed by atoms with Gasteiger partial charge >= 0.3 is 0 Å². The SMILES string of the molecule is O=C([O-])c1ccc(N2CCCN2)cc1. The van der Waals surface area contributed by atoms with Crippen LogP contribution in [-0.4, -0.2) is 19.1 Å². The van der Waals surface area contributed by atoms with Gasteiger partial charge in [-0.15, -0.1) is 0 Å². The Kier molecular flexibility index (Phi) is 2.37. The summed E-state index contributed by atoms with van der Waals surface area (Å²) in [4.78, 5) is 10.5. The number of rotatable bonds is 2. The molecule has 0 amide bonds. The largest absolute Gasteiger partial charge is 0.545 e. The molecule has 0 radical (unpaired) electrons. The third-order valence-corrected chi connectivity index (χ3v) is 2.28. The Bertz CT molecular complexity index is 328. The number of anilines is 1. The topological polar surface area (TPSA) is 55.4 Å². The molecule has 0 aromatic heterocycles. The summed E-state index contributed by atoms with van der Waals surface area (Å²) in [5, 5.41) is 12.5. The Hall–Kier alpha value is -1.55. The zero-order valence-electron chi connectivity index (χ0n) is 7.69. The molecule has 1 N–H and O–H groups in total. The highest BCUT2D eigenvalue weighted by Crippen LogP contribution is 2.15. The van der Waals surface area contributed by atoms with Crippen LogP contribution in [0.15, 0.2) is 24.3 Å². The highest BCUT2D eigenvalue weighted by molar-refractivity contribution is 5.86. The van der Waals surface area contributed by atoms with Crippen LogP contribution in [0.2, 0.25) is 0 Å². The number of hydrazine groups is 1. The van der Waals surface area contributed by atoms with Crippen LogP contribution < -0.4 is 15.5 Å². The van der Waals surface area contributed by atoms with Crippen LogP contribution in [0.3, 0.4) is 0 Å². The second-order valence-corrected chi connectivity index (χ2v) is 3.25. The van der Waals surface area contributed by atoms with Gasteiger partial charge < -0.3 is 14.9 Å². The molecule has 1 aromatic rings. The van der Waals surface area contributed by atoms with Crippen LogP contribution in [0, 0.1) is 0 Å². The molecule has 1 aliphatic heterocycles. The first-order valence-electron chi connectivity index (χ1n) is 4.60. The molecule has 0 spiro atoms. The van der Waals surface area contributed by atoms with Crippen molar-refractivity contribution in [2.75, 3.05) is 18.1 Å². The van der Waals surface area contributed by atoms with E-state index in [4.69, 9.17) is 0 Å². The van der Waals surface area contributed by atoms with Gasteiger partial charge in [-0.1, -0.05) is 12.1 Å². The summed E-state index contributed by atoms with van der Waals surface area (Å²) < 4.78 is 0. The number of hydrogen-bond acceptors (Lipinski definition) is 4. The van der Waals surface area contributed by atoms with E-state index in [1.54, 1.807) is 24.3 Å². The zero-order chi connectivity index (χ0) is 9.97. The molecule has 1 saturated heterocycles. The first kappa shape index (κ1) is 9.02. The summed E-state index contributed by atoms with van der Waals surface area (Å²) in [5.74, 6) is -1.13. The normalized spacial score (nSPS) is 15.9. The van der Waals surface area contributed by atoms with E-state index in [0.29, 0.717) is 0 Å². The van der Waals surface area contributed by atoms with E-state index in [1.807, 2.05) is 5.01 Å². The molecule has 2 rings (SSSR count). The lowest BCUT2D eigenvalue weighted by Gasteiger charge is -2.17. The quantitative estimate of drug-likeness (QED) is 0.701. The third-order valence-electron chi connectivity index (χ3n) is 2.28. The van der Waals surface area contributed by atoms with Crippen molar-refractivity contribution in [1.29, 1.82) is 0 Å². The smallest absolute Gasteiger partial charge is 0.0715 e. The molecule has 1 aliphatic rings. The molecule has 74 valence electrons. The van der Waals surface area contributed by atoms with Crippen molar-refractivity contribution in [3.05, 3.63) is 29.8 Å². The molecule has 0 aliphatic carbocycles. The number of aromatic carboxylic acids is 1. The van der Waals surface area contributed by atoms with Gasteiger partial charge in [0.05, 0.1) is 11.7 Å². The molecule has 0 unspecified atom stereocenters. The van der Waals surface area contributed by atoms with Crippen LogP contribution in [0.4, 0.5) is 5.69 Å². The van der Waals surface area contributed by atoms with E-state index in [1.165, 1.54) is 0 Å². The first-order chi connectivity index (χ1) is 6.77. The second kappa shape index (κ2) is 3.67. The molecule has 0 atom stereocenters. The molecule has 4 nitrogen and oxygen atoms in total. The summed E-state index contributed by atoms with van der Waals surface area (Å²) in [7, 11) is 0. The molecular weight excluding hydrogens is 180 g/mol. The van der Waals surface area contributed by atoms with Gasteiger partial charge in [0.25, 0.3) is 0 Å². The number of benzene rings is 1. The van der Waals surface area contributed by atoms with Crippen LogP contribution in [0.5, 0.6) is 0 Å². The number of carbonyl (C=O) groups excluding carboxylic acids is 1. The van der Waals surface area contributed by atoms with Gasteiger partial charge in [-0.05, 0) is 24.1 Å². The van der Waals surface area contributed by atoms with Gasteiger partial charge in [-0.3, -0.25) is 0 Å². The summed E-state index contributed by atoms with van der Waals surface area (Å²) in [6.45, 7) is 1.94. The number of hydrogen-bond donors (Lipinski definition) is 1. The summed E-state index contributed by atoms with van der Waals surface area (Å²) >= 11 is 0. The lowest BCUT2D eigenvalue weighted by Crippen LogP contribution is -2.30. The maximum absolute atomic E-state index is 10.5. The molecule has 0 saturated carbocycles. The third kappa shape index (κ3) is 1.70. The molecule has 1 fully saturated rings. The molecule has 0 bridgehead atoms. The minimum Gasteiger partial charge on any atom is -0.545 e. The number of carbonyl (C=O) groups is 1. The van der Waals surface area contributed by atoms with E-state index >= 15 is 0 Å². The van der Waals surface area contributed by atoms with Crippen molar-refractivity contribution >= 4 is 11.7 Å². The predicted octanol–water partition coefficient (Wildman–Crippen LogP) is -0.235. The summed E-state index contributed by atoms with van der Waals surface area (Å²) in [6.07, 6.45) is 1.11. The molecular formula is C10H11N2O2-. The van der Waals surface area contributed by atoms with Gasteiger partial charge in [-0.2, -0.15) is 0 Å². The number of nitrogens with one attached hydrogen (secondary N) is 1. The number of carboxylic acid groups (broad SMARTS) is 1. The standard InChI is InChI=1S/C10H12N2O2/c13-10(14)8-2-4-9(5-3-8)12-7-1-6-11-12/h2-5,11H,1,6-7H2,(H,13,14)/p-1. The fourth-order valence-electron chi connectivity index (χ4n) is 1.53. The lowest BCUT2D eigenvalue weighted by molar-refractivity contribution is -0.255. The fourth-order valence-corrected chi connectivity index (χ4v) is 1.53. The second-order valence-electron chi connectivity index (χ2n) is 3.25. The summed E-state index contributed by atoms with van der Waals surface area (Å²) in [5.41, 5.74) is 4.40. The van der Waals surface area contributed by atoms with Gasteiger partial charge in [-0.25, -0.2) is 5.43 Å². The van der Waals surface area contributed by atoms with Crippen molar-refractivity contribution in [2.45, 2.75) is 6.42 Å². The van der Waals surface area contributed by atoms with Crippen molar-refractivity contribution < 1.29 is 9.90 Å². The molecule has 1 heterocycles. The highest BCUT2D eigenvalue weighted by Gasteiger charge is 2.10. The number of carboxylic acids is 1. The van der Waals surface area contributed by atoms with Crippen LogP contribution in [-0.2, 0) is 0 Å². The Morgan fingerprint density at radius 1 is 1.36 bits per heavy atom. The van der Waals surface area contributed by atoms with E-state index in [-0.39, 0.29) is 5.56 Å². The van der Waals surface area contributed by atoms with E-state index in [9.17, 15) is 9.90 Å². The minimum atomic E-state index is -1.13. The van der Waals surface area contributed by atoms with Crippen LogP contribution in [0.1, 0.15) is 16.8 Å². The van der Waals surface area contributed by atoms with Crippen molar-refractivity contribution in [3.8, 4) is 0 Å². The highest BCUT2D eigenvalue weighted by atomic mass is 16.4. The maximum Gasteiger partial charge on any atom is 0.0715 e. The lowest BCUT2D eigenvalue weighted by atomic mass is 10.2. The van der Waals surface area contributed by atoms with E-state index in [0.717, 1.165) is 25.2 Å².